The van der Waals surface area contributed by atoms with Crippen molar-refractivity contribution in [1.29, 1.82) is 0 Å². The van der Waals surface area contributed by atoms with Gasteiger partial charge in [0.05, 0.1) is 12.2 Å². The van der Waals surface area contributed by atoms with Crippen molar-refractivity contribution in [2.24, 2.45) is 0 Å². The lowest BCUT2D eigenvalue weighted by Crippen LogP contribution is -2.08. The number of alkyl halides is 3. The van der Waals surface area contributed by atoms with Crippen LogP contribution in [0.25, 0.3) is 11.3 Å². The fraction of sp³-hybridized carbons (Fsp3) is 0.250. The van der Waals surface area contributed by atoms with Crippen molar-refractivity contribution in [1.82, 2.24) is 15.4 Å². The number of carbonyl (C=O) groups is 1. The van der Waals surface area contributed by atoms with Crippen molar-refractivity contribution in [3.63, 3.8) is 0 Å². The molecule has 1 aromatic heterocycles. The highest BCUT2D eigenvalue weighted by molar-refractivity contribution is 14.1. The smallest absolute Gasteiger partial charge is 0.416 e. The van der Waals surface area contributed by atoms with E-state index in [0.29, 0.717) is 3.57 Å². The van der Waals surface area contributed by atoms with Crippen LogP contribution in [-0.2, 0) is 10.9 Å². The van der Waals surface area contributed by atoms with E-state index in [2.05, 4.69) is 15.4 Å². The molecule has 0 aliphatic carbocycles. The molecule has 5 nitrogen and oxygen atoms in total. The number of H-pyrrole nitrogens is 1. The van der Waals surface area contributed by atoms with Crippen LogP contribution in [0.5, 0.6) is 0 Å². The molecule has 1 aromatic carbocycles. The summed E-state index contributed by atoms with van der Waals surface area (Å²) in [6.45, 7) is 1.75. The number of aromatic nitrogens is 3. The van der Waals surface area contributed by atoms with Crippen molar-refractivity contribution in [2.75, 3.05) is 6.61 Å². The minimum atomic E-state index is -4.48. The Morgan fingerprint density at radius 2 is 2.05 bits per heavy atom. The van der Waals surface area contributed by atoms with E-state index < -0.39 is 17.7 Å². The Kier molecular flexibility index (Phi) is 4.49. The maximum atomic E-state index is 12.8. The van der Waals surface area contributed by atoms with Gasteiger partial charge in [0.15, 0.2) is 5.69 Å². The molecule has 0 saturated carbocycles. The summed E-state index contributed by atoms with van der Waals surface area (Å²) in [5, 5.41) is 9.61. The zero-order chi connectivity index (χ0) is 15.6. The molecular weight excluding hydrogens is 402 g/mol. The predicted octanol–water partition coefficient (Wildman–Crippen LogP) is 3.27. The molecular formula is C12H9F3IN3O2. The normalized spacial score (nSPS) is 11.5. The van der Waals surface area contributed by atoms with E-state index in [4.69, 9.17) is 4.74 Å². The van der Waals surface area contributed by atoms with Crippen LogP contribution < -0.4 is 0 Å². The third-order valence-corrected chi connectivity index (χ3v) is 3.14. The number of ether oxygens (including phenoxy) is 1. The third-order valence-electron chi connectivity index (χ3n) is 2.52. The average Bonchev–Trinajstić information content (AvgIpc) is 2.86. The Morgan fingerprint density at radius 3 is 2.67 bits per heavy atom. The molecule has 0 aliphatic rings. The maximum Gasteiger partial charge on any atom is 0.416 e. The molecule has 1 N–H and O–H groups in total. The standard InChI is InChI=1S/C12H9F3IN3O2/c1-2-21-11(20)10-9(17-19-18-10)6-3-7(12(13,14)15)5-8(16)4-6/h3-5H,2H2,1H3,(H,17,18,19). The molecule has 0 amide bonds. The Bertz CT molecular complexity index is 670. The summed E-state index contributed by atoms with van der Waals surface area (Å²) in [7, 11) is 0. The molecule has 0 aliphatic heterocycles. The average molecular weight is 411 g/mol. The van der Waals surface area contributed by atoms with E-state index in [9.17, 15) is 18.0 Å². The molecule has 21 heavy (non-hydrogen) atoms. The topological polar surface area (TPSA) is 67.9 Å². The first-order valence-corrected chi connectivity index (χ1v) is 6.87. The fourth-order valence-electron chi connectivity index (χ4n) is 1.66. The Hall–Kier alpha value is -1.65. The third kappa shape index (κ3) is 3.52. The van der Waals surface area contributed by atoms with Gasteiger partial charge in [-0.05, 0) is 47.7 Å². The van der Waals surface area contributed by atoms with Crippen LogP contribution in [0.15, 0.2) is 18.2 Å². The summed E-state index contributed by atoms with van der Waals surface area (Å²) in [6, 6.07) is 3.41. The Balaban J connectivity index is 2.51. The lowest BCUT2D eigenvalue weighted by Gasteiger charge is -2.09. The number of esters is 1. The number of nitrogens with one attached hydrogen (secondary N) is 1. The first-order valence-electron chi connectivity index (χ1n) is 5.79. The lowest BCUT2D eigenvalue weighted by molar-refractivity contribution is -0.137. The largest absolute Gasteiger partial charge is 0.461 e. The predicted molar refractivity (Wildman–Crippen MR) is 75.5 cm³/mol. The highest BCUT2D eigenvalue weighted by atomic mass is 127. The second-order valence-electron chi connectivity index (χ2n) is 3.97. The van der Waals surface area contributed by atoms with Crippen molar-refractivity contribution >= 4 is 28.6 Å². The number of carbonyl (C=O) groups excluding carboxylic acids is 1. The van der Waals surface area contributed by atoms with E-state index >= 15 is 0 Å². The van der Waals surface area contributed by atoms with Gasteiger partial charge in [0.1, 0.15) is 5.69 Å². The van der Waals surface area contributed by atoms with Gasteiger partial charge in [-0.25, -0.2) is 4.79 Å². The van der Waals surface area contributed by atoms with Gasteiger partial charge >= 0.3 is 12.1 Å². The molecule has 2 rings (SSSR count). The van der Waals surface area contributed by atoms with E-state index in [1.165, 1.54) is 6.07 Å². The first-order chi connectivity index (χ1) is 9.82. The summed E-state index contributed by atoms with van der Waals surface area (Å²) < 4.78 is 43.7. The molecule has 0 radical (unpaired) electrons. The summed E-state index contributed by atoms with van der Waals surface area (Å²) in [6.07, 6.45) is -4.48. The molecule has 0 fully saturated rings. The van der Waals surface area contributed by atoms with Gasteiger partial charge in [-0.1, -0.05) is 0 Å². The first kappa shape index (κ1) is 15.7. The summed E-state index contributed by atoms with van der Waals surface area (Å²) in [5.74, 6) is -0.742. The zero-order valence-corrected chi connectivity index (χ0v) is 12.8. The van der Waals surface area contributed by atoms with Gasteiger partial charge in [-0.15, -0.1) is 5.10 Å². The molecule has 1 heterocycles. The molecule has 9 heteroatoms. The minimum Gasteiger partial charge on any atom is -0.461 e. The molecule has 0 spiro atoms. The van der Waals surface area contributed by atoms with Gasteiger partial charge in [0.25, 0.3) is 0 Å². The van der Waals surface area contributed by atoms with Crippen LogP contribution in [0, 0.1) is 3.57 Å². The SMILES string of the molecule is CCOC(=O)c1n[nH]nc1-c1cc(I)cc(C(F)(F)F)c1. The minimum absolute atomic E-state index is 0.0254. The van der Waals surface area contributed by atoms with E-state index in [1.807, 2.05) is 0 Å². The second kappa shape index (κ2) is 6.00. The number of nitrogens with zero attached hydrogens (tertiary/aromatic N) is 2. The molecule has 0 unspecified atom stereocenters. The van der Waals surface area contributed by atoms with E-state index in [0.717, 1.165) is 12.1 Å². The monoisotopic (exact) mass is 411 g/mol. The van der Waals surface area contributed by atoms with Crippen LogP contribution in [0.4, 0.5) is 13.2 Å². The van der Waals surface area contributed by atoms with Crippen molar-refractivity contribution in [2.45, 2.75) is 13.1 Å². The molecule has 2 aromatic rings. The number of hydrogen-bond donors (Lipinski definition) is 1. The number of aromatic amines is 1. The van der Waals surface area contributed by atoms with Crippen molar-refractivity contribution in [3.8, 4) is 11.3 Å². The highest BCUT2D eigenvalue weighted by Crippen LogP contribution is 2.34. The van der Waals surface area contributed by atoms with Gasteiger partial charge in [-0.2, -0.15) is 23.5 Å². The maximum absolute atomic E-state index is 12.8. The number of rotatable bonds is 3. The molecule has 0 atom stereocenters. The lowest BCUT2D eigenvalue weighted by atomic mass is 10.1. The van der Waals surface area contributed by atoms with Crippen LogP contribution in [0.3, 0.4) is 0 Å². The van der Waals surface area contributed by atoms with E-state index in [1.54, 1.807) is 29.5 Å². The van der Waals surface area contributed by atoms with Crippen LogP contribution in [-0.4, -0.2) is 28.0 Å². The van der Waals surface area contributed by atoms with Gasteiger partial charge in [-0.3, -0.25) is 0 Å². The summed E-state index contributed by atoms with van der Waals surface area (Å²) >= 11 is 1.77. The summed E-state index contributed by atoms with van der Waals surface area (Å²) in [5.41, 5.74) is -0.794. The Morgan fingerprint density at radius 1 is 1.33 bits per heavy atom. The van der Waals surface area contributed by atoms with E-state index in [-0.39, 0.29) is 23.6 Å². The second-order valence-corrected chi connectivity index (χ2v) is 5.21. The van der Waals surface area contributed by atoms with Gasteiger partial charge in [0.2, 0.25) is 0 Å². The van der Waals surface area contributed by atoms with Gasteiger partial charge < -0.3 is 4.74 Å². The van der Waals surface area contributed by atoms with Crippen LogP contribution in [0.1, 0.15) is 23.0 Å². The number of hydrogen-bond acceptors (Lipinski definition) is 4. The number of halogens is 4. The van der Waals surface area contributed by atoms with Gasteiger partial charge in [0, 0.05) is 9.13 Å². The zero-order valence-electron chi connectivity index (χ0n) is 10.7. The Labute approximate surface area is 131 Å². The molecule has 0 saturated heterocycles. The van der Waals surface area contributed by atoms with Crippen molar-refractivity contribution in [3.05, 3.63) is 33.0 Å². The highest BCUT2D eigenvalue weighted by Gasteiger charge is 2.32. The van der Waals surface area contributed by atoms with Crippen LogP contribution >= 0.6 is 22.6 Å². The van der Waals surface area contributed by atoms with Crippen LogP contribution in [0.2, 0.25) is 0 Å². The fourth-order valence-corrected chi connectivity index (χ4v) is 2.33. The number of benzene rings is 1. The van der Waals surface area contributed by atoms with Crippen molar-refractivity contribution < 1.29 is 22.7 Å². The molecule has 0 bridgehead atoms. The summed E-state index contributed by atoms with van der Waals surface area (Å²) in [4.78, 5) is 11.7. The quantitative estimate of drug-likeness (QED) is 0.622. The molecule has 112 valence electrons.